The number of hydrogen-bond acceptors (Lipinski definition) is 4. The van der Waals surface area contributed by atoms with Crippen LogP contribution >= 0.6 is 23.6 Å². The Morgan fingerprint density at radius 1 is 1.33 bits per heavy atom. The third-order valence-electron chi connectivity index (χ3n) is 4.36. The van der Waals surface area contributed by atoms with E-state index in [4.69, 9.17) is 17.0 Å². The standard InChI is InChI=1S/C18H18N2O2S2/c21-17-15-10-14(9-12-5-2-1-3-6-12)24-16(15)19-18(23)20(17)11-13-7-4-8-22-13/h1-3,5-6,10,13H,4,7-9,11H2,(H,19,23)/t13-/m0/s1. The van der Waals surface area contributed by atoms with Crippen molar-refractivity contribution in [3.05, 3.63) is 62.0 Å². The van der Waals surface area contributed by atoms with Gasteiger partial charge in [-0.2, -0.15) is 0 Å². The topological polar surface area (TPSA) is 47.0 Å². The lowest BCUT2D eigenvalue weighted by Crippen LogP contribution is -2.27. The Labute approximate surface area is 148 Å². The zero-order chi connectivity index (χ0) is 16.5. The van der Waals surface area contributed by atoms with Crippen LogP contribution in [-0.2, 0) is 17.7 Å². The molecule has 4 rings (SSSR count). The fourth-order valence-corrected chi connectivity index (χ4v) is 4.54. The quantitative estimate of drug-likeness (QED) is 0.720. The van der Waals surface area contributed by atoms with Crippen LogP contribution in [-0.4, -0.2) is 22.3 Å². The highest BCUT2D eigenvalue weighted by molar-refractivity contribution is 7.71. The Balaban J connectivity index is 1.70. The van der Waals surface area contributed by atoms with Gasteiger partial charge in [-0.25, -0.2) is 0 Å². The van der Waals surface area contributed by atoms with Crippen LogP contribution in [0.25, 0.3) is 10.2 Å². The summed E-state index contributed by atoms with van der Waals surface area (Å²) in [6.07, 6.45) is 2.96. The second-order valence-corrected chi connectivity index (χ2v) is 7.62. The van der Waals surface area contributed by atoms with Gasteiger partial charge in [-0.15, -0.1) is 11.3 Å². The summed E-state index contributed by atoms with van der Waals surface area (Å²) in [4.78, 5) is 18.1. The summed E-state index contributed by atoms with van der Waals surface area (Å²) in [5.74, 6) is 0. The average Bonchev–Trinajstić information content (AvgIpc) is 3.22. The molecular weight excluding hydrogens is 340 g/mol. The van der Waals surface area contributed by atoms with Crippen LogP contribution in [0.5, 0.6) is 0 Å². The van der Waals surface area contributed by atoms with Crippen molar-refractivity contribution in [2.45, 2.75) is 31.9 Å². The third kappa shape index (κ3) is 3.09. The van der Waals surface area contributed by atoms with Gasteiger partial charge >= 0.3 is 0 Å². The van der Waals surface area contributed by atoms with Crippen LogP contribution in [0, 0.1) is 4.77 Å². The lowest BCUT2D eigenvalue weighted by atomic mass is 10.1. The number of hydrogen-bond donors (Lipinski definition) is 1. The molecule has 0 unspecified atom stereocenters. The maximum atomic E-state index is 12.8. The molecule has 24 heavy (non-hydrogen) atoms. The average molecular weight is 358 g/mol. The molecule has 0 saturated carbocycles. The van der Waals surface area contributed by atoms with Gasteiger partial charge in [0.15, 0.2) is 4.77 Å². The molecule has 1 fully saturated rings. The second kappa shape index (κ2) is 6.63. The first kappa shape index (κ1) is 15.7. The largest absolute Gasteiger partial charge is 0.376 e. The molecule has 3 aromatic rings. The minimum atomic E-state index is -0.0141. The van der Waals surface area contributed by atoms with Crippen LogP contribution in [0.15, 0.2) is 41.2 Å². The number of thiophene rings is 1. The number of aromatic amines is 1. The molecule has 0 spiro atoms. The van der Waals surface area contributed by atoms with E-state index in [2.05, 4.69) is 17.1 Å². The molecule has 0 radical (unpaired) electrons. The van der Waals surface area contributed by atoms with E-state index in [0.717, 1.165) is 41.0 Å². The Morgan fingerprint density at radius 3 is 2.92 bits per heavy atom. The Kier molecular flexibility index (Phi) is 4.35. The zero-order valence-electron chi connectivity index (χ0n) is 13.2. The molecule has 1 saturated heterocycles. The number of ether oxygens (including phenoxy) is 1. The SMILES string of the molecule is O=c1c2cc(Cc3ccccc3)sc2[nH]c(=S)n1C[C@@H]1CCCO1. The summed E-state index contributed by atoms with van der Waals surface area (Å²) in [5.41, 5.74) is 1.22. The van der Waals surface area contributed by atoms with E-state index in [-0.39, 0.29) is 11.7 Å². The molecule has 0 amide bonds. The van der Waals surface area contributed by atoms with Gasteiger partial charge in [-0.05, 0) is 36.7 Å². The van der Waals surface area contributed by atoms with Crippen molar-refractivity contribution >= 4 is 33.8 Å². The van der Waals surface area contributed by atoms with Gasteiger partial charge in [0, 0.05) is 17.9 Å². The molecular formula is C18H18N2O2S2. The molecule has 124 valence electrons. The molecule has 1 aliphatic heterocycles. The summed E-state index contributed by atoms with van der Waals surface area (Å²) in [6.45, 7) is 1.31. The third-order valence-corrected chi connectivity index (χ3v) is 5.73. The predicted octanol–water partition coefficient (Wildman–Crippen LogP) is 3.89. The van der Waals surface area contributed by atoms with E-state index in [1.54, 1.807) is 15.9 Å². The van der Waals surface area contributed by atoms with Crippen molar-refractivity contribution in [3.63, 3.8) is 0 Å². The first-order valence-corrected chi connectivity index (χ1v) is 9.34. The van der Waals surface area contributed by atoms with Crippen LogP contribution in [0.2, 0.25) is 0 Å². The van der Waals surface area contributed by atoms with Crippen molar-refractivity contribution in [3.8, 4) is 0 Å². The lowest BCUT2D eigenvalue weighted by Gasteiger charge is -2.11. The van der Waals surface area contributed by atoms with Crippen LogP contribution in [0.1, 0.15) is 23.3 Å². The van der Waals surface area contributed by atoms with Crippen molar-refractivity contribution in [1.82, 2.24) is 9.55 Å². The van der Waals surface area contributed by atoms with E-state index in [1.807, 2.05) is 24.3 Å². The first-order chi connectivity index (χ1) is 11.7. The smallest absolute Gasteiger partial charge is 0.263 e. The van der Waals surface area contributed by atoms with Crippen molar-refractivity contribution in [2.24, 2.45) is 0 Å². The van der Waals surface area contributed by atoms with E-state index in [9.17, 15) is 4.79 Å². The van der Waals surface area contributed by atoms with Gasteiger partial charge in [-0.3, -0.25) is 9.36 Å². The van der Waals surface area contributed by atoms with Crippen LogP contribution in [0.3, 0.4) is 0 Å². The predicted molar refractivity (Wildman–Crippen MR) is 99.5 cm³/mol. The Hall–Kier alpha value is -1.76. The molecule has 2 aromatic heterocycles. The summed E-state index contributed by atoms with van der Waals surface area (Å²) in [5, 5.41) is 0.720. The normalized spacial score (nSPS) is 17.6. The first-order valence-electron chi connectivity index (χ1n) is 8.12. The van der Waals surface area contributed by atoms with Crippen molar-refractivity contribution in [2.75, 3.05) is 6.61 Å². The van der Waals surface area contributed by atoms with Gasteiger partial charge in [0.05, 0.1) is 18.0 Å². The van der Waals surface area contributed by atoms with Gasteiger partial charge < -0.3 is 9.72 Å². The molecule has 3 heterocycles. The van der Waals surface area contributed by atoms with Gasteiger partial charge in [0.2, 0.25) is 0 Å². The summed E-state index contributed by atoms with van der Waals surface area (Å²) >= 11 is 7.00. The highest BCUT2D eigenvalue weighted by Crippen LogP contribution is 2.24. The number of benzene rings is 1. The minimum absolute atomic E-state index is 0.0141. The molecule has 4 nitrogen and oxygen atoms in total. The number of H-pyrrole nitrogens is 1. The second-order valence-electron chi connectivity index (χ2n) is 6.10. The monoisotopic (exact) mass is 358 g/mol. The van der Waals surface area contributed by atoms with Gasteiger partial charge in [-0.1, -0.05) is 30.3 Å². The molecule has 1 atom stereocenters. The highest BCUT2D eigenvalue weighted by atomic mass is 32.1. The fraction of sp³-hybridized carbons (Fsp3) is 0.333. The maximum absolute atomic E-state index is 12.8. The molecule has 1 aliphatic rings. The summed E-state index contributed by atoms with van der Waals surface area (Å²) in [6, 6.07) is 12.3. The Bertz CT molecular complexity index is 966. The van der Waals surface area contributed by atoms with E-state index < -0.39 is 0 Å². The Morgan fingerprint density at radius 2 is 2.17 bits per heavy atom. The molecule has 0 bridgehead atoms. The van der Waals surface area contributed by atoms with E-state index in [0.29, 0.717) is 11.3 Å². The number of nitrogens with zero attached hydrogens (tertiary/aromatic N) is 1. The zero-order valence-corrected chi connectivity index (χ0v) is 14.8. The minimum Gasteiger partial charge on any atom is -0.376 e. The number of aromatic nitrogens is 2. The van der Waals surface area contributed by atoms with Gasteiger partial charge in [0.1, 0.15) is 4.83 Å². The fourth-order valence-electron chi connectivity index (χ4n) is 3.14. The summed E-state index contributed by atoms with van der Waals surface area (Å²) < 4.78 is 7.77. The highest BCUT2D eigenvalue weighted by Gasteiger charge is 2.18. The lowest BCUT2D eigenvalue weighted by molar-refractivity contribution is 0.0957. The van der Waals surface area contributed by atoms with Crippen LogP contribution in [0.4, 0.5) is 0 Å². The molecule has 1 N–H and O–H groups in total. The number of fused-ring (bicyclic) bond motifs is 1. The van der Waals surface area contributed by atoms with Crippen molar-refractivity contribution in [1.29, 1.82) is 0 Å². The molecule has 0 aliphatic carbocycles. The van der Waals surface area contributed by atoms with Gasteiger partial charge in [0.25, 0.3) is 5.56 Å². The number of nitrogens with one attached hydrogen (secondary N) is 1. The number of rotatable bonds is 4. The molecule has 6 heteroatoms. The van der Waals surface area contributed by atoms with E-state index >= 15 is 0 Å². The summed E-state index contributed by atoms with van der Waals surface area (Å²) in [7, 11) is 0. The molecule has 1 aromatic carbocycles. The van der Waals surface area contributed by atoms with Crippen LogP contribution < -0.4 is 5.56 Å². The van der Waals surface area contributed by atoms with E-state index in [1.165, 1.54) is 5.56 Å². The maximum Gasteiger partial charge on any atom is 0.263 e. The van der Waals surface area contributed by atoms with Crippen molar-refractivity contribution < 1.29 is 4.74 Å².